The molecule has 0 N–H and O–H groups in total. The van der Waals surface area contributed by atoms with E-state index in [1.54, 1.807) is 0 Å². The molecule has 0 saturated carbocycles. The van der Waals surface area contributed by atoms with Crippen molar-refractivity contribution in [2.45, 2.75) is 264 Å². The third kappa shape index (κ3) is 48.1. The molecule has 0 bridgehead atoms. The van der Waals surface area contributed by atoms with Gasteiger partial charge in [0.15, 0.2) is 6.10 Å². The van der Waals surface area contributed by atoms with Crippen LogP contribution < -0.4 is 0 Å². The molecule has 358 valence electrons. The predicted molar refractivity (Wildman–Crippen MR) is 265 cm³/mol. The molecule has 0 aromatic carbocycles. The maximum atomic E-state index is 12.8. The van der Waals surface area contributed by atoms with Crippen molar-refractivity contribution in [1.29, 1.82) is 0 Å². The summed E-state index contributed by atoms with van der Waals surface area (Å²) in [5.74, 6) is -0.991. The molecule has 0 radical (unpaired) electrons. The number of carbonyl (C=O) groups excluding carboxylic acids is 3. The molecule has 0 fully saturated rings. The van der Waals surface area contributed by atoms with Gasteiger partial charge in [0.05, 0.1) is 0 Å². The minimum atomic E-state index is -0.810. The first kappa shape index (κ1) is 59.1. The number of hydrogen-bond acceptors (Lipinski definition) is 6. The molecule has 6 heteroatoms. The predicted octanol–water partition coefficient (Wildman–Crippen LogP) is 17.3. The highest BCUT2D eigenvalue weighted by Gasteiger charge is 2.19. The fraction of sp³-hybridized carbons (Fsp3) is 0.768. The van der Waals surface area contributed by atoms with Gasteiger partial charge in [-0.2, -0.15) is 0 Å². The van der Waals surface area contributed by atoms with Crippen molar-refractivity contribution in [2.24, 2.45) is 0 Å². The lowest BCUT2D eigenvalue weighted by atomic mass is 10.0. The molecule has 0 aromatic rings. The van der Waals surface area contributed by atoms with Crippen molar-refractivity contribution in [1.82, 2.24) is 0 Å². The van der Waals surface area contributed by atoms with E-state index in [9.17, 15) is 14.4 Å². The highest BCUT2D eigenvalue weighted by atomic mass is 16.6. The van der Waals surface area contributed by atoms with Gasteiger partial charge in [0.25, 0.3) is 0 Å². The number of rotatable bonds is 47. The minimum Gasteiger partial charge on any atom is -0.462 e. The number of esters is 3. The molecule has 0 aliphatic rings. The van der Waals surface area contributed by atoms with E-state index in [1.807, 2.05) is 0 Å². The Hall–Kier alpha value is -2.89. The number of hydrogen-bond donors (Lipinski definition) is 0. The number of unbranched alkanes of at least 4 members (excludes halogenated alkanes) is 26. The first-order valence-corrected chi connectivity index (χ1v) is 26.3. The lowest BCUT2D eigenvalue weighted by molar-refractivity contribution is -0.167. The van der Waals surface area contributed by atoms with Gasteiger partial charge in [-0.3, -0.25) is 14.4 Å². The second-order valence-corrected chi connectivity index (χ2v) is 17.4. The lowest BCUT2D eigenvalue weighted by Gasteiger charge is -2.18. The molecule has 0 amide bonds. The van der Waals surface area contributed by atoms with E-state index in [-0.39, 0.29) is 37.5 Å². The van der Waals surface area contributed by atoms with Crippen molar-refractivity contribution in [3.05, 3.63) is 60.8 Å². The summed E-state index contributed by atoms with van der Waals surface area (Å²) in [7, 11) is 0. The van der Waals surface area contributed by atoms with E-state index in [2.05, 4.69) is 81.5 Å². The molecule has 0 spiro atoms. The Kier molecular flexibility index (Phi) is 48.4. The van der Waals surface area contributed by atoms with Gasteiger partial charge in [0.2, 0.25) is 0 Å². The van der Waals surface area contributed by atoms with Crippen LogP contribution in [0.25, 0.3) is 0 Å². The fourth-order valence-electron chi connectivity index (χ4n) is 7.26. The van der Waals surface area contributed by atoms with Crippen molar-refractivity contribution >= 4 is 17.9 Å². The van der Waals surface area contributed by atoms with Crippen LogP contribution in [0.3, 0.4) is 0 Å². The van der Waals surface area contributed by atoms with Gasteiger partial charge in [-0.1, -0.05) is 223 Å². The molecule has 0 rings (SSSR count). The smallest absolute Gasteiger partial charge is 0.306 e. The highest BCUT2D eigenvalue weighted by Crippen LogP contribution is 2.15. The van der Waals surface area contributed by atoms with Crippen molar-refractivity contribution in [3.63, 3.8) is 0 Å². The van der Waals surface area contributed by atoms with Gasteiger partial charge in [0, 0.05) is 19.3 Å². The summed E-state index contributed by atoms with van der Waals surface area (Å²) in [5, 5.41) is 0. The lowest BCUT2D eigenvalue weighted by Crippen LogP contribution is -2.30. The number of ether oxygens (including phenoxy) is 3. The highest BCUT2D eigenvalue weighted by molar-refractivity contribution is 5.71. The molecule has 6 nitrogen and oxygen atoms in total. The molecular formula is C56H98O6. The van der Waals surface area contributed by atoms with Gasteiger partial charge >= 0.3 is 17.9 Å². The van der Waals surface area contributed by atoms with Crippen LogP contribution in [0.2, 0.25) is 0 Å². The van der Waals surface area contributed by atoms with Crippen LogP contribution in [-0.4, -0.2) is 37.2 Å². The zero-order valence-corrected chi connectivity index (χ0v) is 40.9. The van der Waals surface area contributed by atoms with Crippen LogP contribution in [0.4, 0.5) is 0 Å². The summed E-state index contributed by atoms with van der Waals surface area (Å²) in [6, 6.07) is 0. The van der Waals surface area contributed by atoms with Crippen LogP contribution in [0, 0.1) is 0 Å². The van der Waals surface area contributed by atoms with E-state index < -0.39 is 6.10 Å². The van der Waals surface area contributed by atoms with E-state index in [0.717, 1.165) is 57.8 Å². The van der Waals surface area contributed by atoms with E-state index >= 15 is 0 Å². The van der Waals surface area contributed by atoms with Crippen molar-refractivity contribution in [3.8, 4) is 0 Å². The average Bonchev–Trinajstić information content (AvgIpc) is 3.27. The van der Waals surface area contributed by atoms with Crippen LogP contribution in [0.5, 0.6) is 0 Å². The van der Waals surface area contributed by atoms with Gasteiger partial charge in [0.1, 0.15) is 13.2 Å². The summed E-state index contributed by atoms with van der Waals surface area (Å²) in [6.45, 7) is 6.52. The Labute approximate surface area is 383 Å². The second-order valence-electron chi connectivity index (χ2n) is 17.4. The minimum absolute atomic E-state index is 0.102. The molecule has 0 heterocycles. The maximum absolute atomic E-state index is 12.8. The Balaban J connectivity index is 4.39. The monoisotopic (exact) mass is 867 g/mol. The molecule has 1 atom stereocenters. The standard InChI is InChI=1S/C56H98O6/c1-4-7-10-13-16-19-21-23-25-27-29-30-32-34-37-40-43-46-49-55(58)61-52-53(51-60-54(57)48-45-42-39-36-18-15-12-9-6-3)62-56(59)50-47-44-41-38-35-33-31-28-26-24-22-20-17-14-11-8-5-2/h17,20,24,26,31,33,36,38-39,41,53H,4-16,18-19,21-23,25,27-30,32,34-35,37,40,42-52H2,1-3H3/b20-17-,26-24-,33-31-,39-36-,41-38-. The SMILES string of the molecule is CCCCC/C=C\C/C=C\C/C=C\C/C=C\CCCC(=O)OC(COC(=O)CCC/C=C\CCCCCC)COC(=O)CCCCCCCCCCCCCCCCCCCC. The Morgan fingerprint density at radius 1 is 0.323 bits per heavy atom. The molecular weight excluding hydrogens is 769 g/mol. The van der Waals surface area contributed by atoms with Crippen LogP contribution in [0.15, 0.2) is 60.8 Å². The van der Waals surface area contributed by atoms with Gasteiger partial charge in [-0.25, -0.2) is 0 Å². The summed E-state index contributed by atoms with van der Waals surface area (Å²) in [5.41, 5.74) is 0. The van der Waals surface area contributed by atoms with Gasteiger partial charge in [-0.05, 0) is 77.0 Å². The van der Waals surface area contributed by atoms with Gasteiger partial charge in [-0.15, -0.1) is 0 Å². The molecule has 0 saturated heterocycles. The van der Waals surface area contributed by atoms with E-state index in [0.29, 0.717) is 25.7 Å². The topological polar surface area (TPSA) is 78.9 Å². The zero-order chi connectivity index (χ0) is 45.1. The molecule has 0 aromatic heterocycles. The fourth-order valence-corrected chi connectivity index (χ4v) is 7.26. The Bertz CT molecular complexity index is 1130. The van der Waals surface area contributed by atoms with E-state index in [4.69, 9.17) is 14.2 Å². The molecule has 62 heavy (non-hydrogen) atoms. The third-order valence-corrected chi connectivity index (χ3v) is 11.2. The second kappa shape index (κ2) is 50.8. The average molecular weight is 867 g/mol. The molecule has 0 aliphatic heterocycles. The quantitative estimate of drug-likeness (QED) is 0.0262. The van der Waals surface area contributed by atoms with Gasteiger partial charge < -0.3 is 14.2 Å². The van der Waals surface area contributed by atoms with Crippen LogP contribution in [0.1, 0.15) is 258 Å². The summed E-state index contributed by atoms with van der Waals surface area (Å²) in [6.07, 6.45) is 62.3. The first-order valence-electron chi connectivity index (χ1n) is 26.3. The van der Waals surface area contributed by atoms with E-state index in [1.165, 1.54) is 148 Å². The summed E-state index contributed by atoms with van der Waals surface area (Å²) in [4.78, 5) is 37.9. The summed E-state index contributed by atoms with van der Waals surface area (Å²) >= 11 is 0. The van der Waals surface area contributed by atoms with Crippen LogP contribution >= 0.6 is 0 Å². The largest absolute Gasteiger partial charge is 0.462 e. The Morgan fingerprint density at radius 2 is 0.597 bits per heavy atom. The number of carbonyl (C=O) groups is 3. The first-order chi connectivity index (χ1) is 30.5. The maximum Gasteiger partial charge on any atom is 0.306 e. The van der Waals surface area contributed by atoms with Crippen molar-refractivity contribution < 1.29 is 28.6 Å². The molecule has 1 unspecified atom stereocenters. The zero-order valence-electron chi connectivity index (χ0n) is 40.9. The number of allylic oxidation sites excluding steroid dienone is 10. The van der Waals surface area contributed by atoms with Crippen LogP contribution in [-0.2, 0) is 28.6 Å². The summed E-state index contributed by atoms with van der Waals surface area (Å²) < 4.78 is 16.7. The van der Waals surface area contributed by atoms with Crippen molar-refractivity contribution in [2.75, 3.05) is 13.2 Å². The third-order valence-electron chi connectivity index (χ3n) is 11.2. The Morgan fingerprint density at radius 3 is 1.02 bits per heavy atom. The normalized spacial score (nSPS) is 12.5. The molecule has 0 aliphatic carbocycles.